The SMILES string of the molecule is CN1C(=O)[C@H](COC(=O)Cc2ccc3ccc4cccc5ccc2c3c45)NC(=O)[C@@H]2CC[C@@H](C2)N(C)C(=O)[C@@H](Cc2ccccc2)NC(=O)[C@@H]2CC[C@@H](C2)N(C)C(=O)[C@@H](COC(=O)Cc2ccc3ccc4cccc5ccc2c3c45)NC(=O)[C@@H]2CC[C@@H](C2)N(C)C(=O)[C@H](Cc2ccccc2)NC(=O)[C@@H]2CC[C@H]1C2. The van der Waals surface area contributed by atoms with Crippen LogP contribution in [0.4, 0.5) is 0 Å². The number of fused-ring (bicyclic) bond motifs is 8. The van der Waals surface area contributed by atoms with Gasteiger partial charge in [-0.25, -0.2) is 0 Å². The minimum atomic E-state index is -1.33. The highest BCUT2D eigenvalue weighted by atomic mass is 16.5. The third kappa shape index (κ3) is 14.9. The van der Waals surface area contributed by atoms with Crippen LogP contribution < -0.4 is 21.3 Å². The first-order valence-electron chi connectivity index (χ1n) is 38.3. The van der Waals surface area contributed by atoms with Crippen LogP contribution in [0.2, 0.25) is 0 Å². The Kier molecular flexibility index (Phi) is 20.9. The number of nitrogens with zero attached hydrogens (tertiary/aromatic N) is 4. The zero-order chi connectivity index (χ0) is 75.0. The van der Waals surface area contributed by atoms with E-state index in [2.05, 4.69) is 69.8 Å². The first-order valence-corrected chi connectivity index (χ1v) is 38.3. The molecule has 15 rings (SSSR count). The number of benzene rings is 10. The second kappa shape index (κ2) is 31.1. The maximum atomic E-state index is 15.1. The summed E-state index contributed by atoms with van der Waals surface area (Å²) in [5, 5.41) is 24.7. The molecule has 12 atom stereocenters. The zero-order valence-electron chi connectivity index (χ0n) is 61.5. The lowest BCUT2D eigenvalue weighted by molar-refractivity contribution is -0.149. The molecule has 4 N–H and O–H groups in total. The van der Waals surface area contributed by atoms with Gasteiger partial charge in [0, 0.05) is 88.9 Å². The first kappa shape index (κ1) is 72.5. The third-order valence-corrected chi connectivity index (χ3v) is 24.4. The highest BCUT2D eigenvalue weighted by Gasteiger charge is 2.44. The Hall–Kier alpha value is -11.0. The number of carbonyl (C=O) groups excluding carboxylic acids is 10. The number of hydrogen-bond acceptors (Lipinski definition) is 12. The molecule has 20 heteroatoms. The van der Waals surface area contributed by atoms with E-state index in [0.717, 1.165) is 86.9 Å². The van der Waals surface area contributed by atoms with Crippen molar-refractivity contribution in [2.75, 3.05) is 41.4 Å². The number of hydrogen-bond donors (Lipinski definition) is 4. The van der Waals surface area contributed by atoms with Crippen LogP contribution in [0.15, 0.2) is 170 Å². The fraction of sp³-hybridized carbons (Fsp3) is 0.386. The van der Waals surface area contributed by atoms with Crippen LogP contribution in [-0.2, 0) is 83.1 Å². The van der Waals surface area contributed by atoms with Gasteiger partial charge in [-0.15, -0.1) is 0 Å². The molecule has 1 heterocycles. The van der Waals surface area contributed by atoms with Crippen molar-refractivity contribution < 1.29 is 57.4 Å². The minimum absolute atomic E-state index is 0.106. The summed E-state index contributed by atoms with van der Waals surface area (Å²) in [4.78, 5) is 154. The lowest BCUT2D eigenvalue weighted by Gasteiger charge is -2.31. The van der Waals surface area contributed by atoms with E-state index in [4.69, 9.17) is 9.47 Å². The first-order chi connectivity index (χ1) is 52.3. The molecule has 0 radical (unpaired) electrons. The largest absolute Gasteiger partial charge is 0.463 e. The second-order valence-corrected chi connectivity index (χ2v) is 31.0. The Morgan fingerprint density at radius 1 is 0.324 bits per heavy atom. The van der Waals surface area contributed by atoms with Crippen LogP contribution in [-0.4, -0.2) is 169 Å². The molecule has 10 aromatic rings. The summed E-state index contributed by atoms with van der Waals surface area (Å²) in [6, 6.07) is 48.8. The van der Waals surface area contributed by atoms with Crippen molar-refractivity contribution in [1.82, 2.24) is 40.9 Å². The number of likely N-dealkylation sites (N-methyl/N-ethyl adjacent to an activating group) is 4. The van der Waals surface area contributed by atoms with Crippen LogP contribution in [0.25, 0.3) is 64.6 Å². The van der Waals surface area contributed by atoms with Crippen LogP contribution in [0, 0.1) is 23.7 Å². The summed E-state index contributed by atoms with van der Waals surface area (Å²) in [5.74, 6) is -7.10. The van der Waals surface area contributed by atoms with Crippen molar-refractivity contribution in [3.63, 3.8) is 0 Å². The van der Waals surface area contributed by atoms with Gasteiger partial charge in [-0.2, -0.15) is 0 Å². The lowest BCUT2D eigenvalue weighted by atomic mass is 9.91. The highest BCUT2D eigenvalue weighted by molar-refractivity contribution is 6.25. The molecule has 1 aliphatic heterocycles. The maximum Gasteiger partial charge on any atom is 0.310 e. The maximum absolute atomic E-state index is 15.1. The molecular weight excluding hydrogens is 1360 g/mol. The van der Waals surface area contributed by atoms with Gasteiger partial charge in [0.25, 0.3) is 0 Å². The van der Waals surface area contributed by atoms with Crippen molar-refractivity contribution in [2.24, 2.45) is 23.7 Å². The average Bonchev–Trinajstić information content (AvgIpc) is 1.58. The standard InChI is InChI=1S/C88H92N8O12/c1-93-65-35-31-63(45-65)83(101)91-73(49-107-75(97)47-59-27-25-57-23-21-53-17-11-19-55-33-39-69(59)79(57)77(53)55)87(105)96(4)68-38-30-62(44-68)82(100)90-72(42-52-15-9-6-10-16-52)86(104)94(2)66-36-32-64(46-66)84(102)92-74(50-108-76(98)48-60-28-26-58-24-22-54-18-12-20-56-34-40-70(60)80(58)78(54)56)88(106)95(3)67-37-29-61(43-67)81(99)89-71(85(93)103)41-51-13-7-5-8-14-51/h5-28,33-34,39-40,61-68,71-74H,29-32,35-38,41-50H2,1-4H3,(H,89,99)(H,90,100)(H,91,101)(H,92,102)/t61-,62-,63-,64-,65+,66+,67+,68+,71-,72+,73+,74-/m1/s1. The fourth-order valence-electron chi connectivity index (χ4n) is 18.2. The second-order valence-electron chi connectivity index (χ2n) is 31.0. The van der Waals surface area contributed by atoms with Gasteiger partial charge < -0.3 is 50.3 Å². The molecular formula is C88H92N8O12. The normalized spacial score (nSPS) is 25.4. The van der Waals surface area contributed by atoms with E-state index in [1.807, 2.05) is 121 Å². The molecule has 1 saturated heterocycles. The molecule has 5 aliphatic rings. The Morgan fingerprint density at radius 3 is 0.926 bits per heavy atom. The quantitative estimate of drug-likeness (QED) is 0.0659. The molecule has 4 aliphatic carbocycles. The Bertz CT molecular complexity index is 4760. The number of nitrogens with one attached hydrogen (secondary N) is 4. The van der Waals surface area contributed by atoms with E-state index in [-0.39, 0.29) is 75.0 Å². The summed E-state index contributed by atoms with van der Waals surface area (Å²) in [6.07, 6.45) is 4.28. The van der Waals surface area contributed by atoms with E-state index in [1.54, 1.807) is 38.0 Å². The van der Waals surface area contributed by atoms with E-state index in [9.17, 15) is 28.8 Å². The van der Waals surface area contributed by atoms with Crippen LogP contribution in [0.3, 0.4) is 0 Å². The highest BCUT2D eigenvalue weighted by Crippen LogP contribution is 2.40. The Morgan fingerprint density at radius 2 is 0.602 bits per heavy atom. The van der Waals surface area contributed by atoms with Crippen molar-refractivity contribution in [3.05, 3.63) is 192 Å². The van der Waals surface area contributed by atoms with Crippen LogP contribution in [0.5, 0.6) is 0 Å². The predicted molar refractivity (Wildman–Crippen MR) is 413 cm³/mol. The van der Waals surface area contributed by atoms with Gasteiger partial charge in [0.15, 0.2) is 0 Å². The Labute approximate surface area is 627 Å². The van der Waals surface area contributed by atoms with Gasteiger partial charge in [-0.3, -0.25) is 47.9 Å². The number of ether oxygens (including phenoxy) is 2. The van der Waals surface area contributed by atoms with Crippen LogP contribution >= 0.6 is 0 Å². The molecule has 0 aromatic heterocycles. The van der Waals surface area contributed by atoms with Crippen molar-refractivity contribution in [2.45, 2.75) is 151 Å². The number of amides is 8. The predicted octanol–water partition coefficient (Wildman–Crippen LogP) is 10.3. The van der Waals surface area contributed by atoms with Crippen LogP contribution in [0.1, 0.15) is 99.3 Å². The molecule has 0 unspecified atom stereocenters. The van der Waals surface area contributed by atoms with Gasteiger partial charge in [0.2, 0.25) is 47.3 Å². The molecule has 108 heavy (non-hydrogen) atoms. The topological polar surface area (TPSA) is 250 Å². The van der Waals surface area contributed by atoms with E-state index in [0.29, 0.717) is 51.4 Å². The third-order valence-electron chi connectivity index (χ3n) is 24.4. The van der Waals surface area contributed by atoms with Gasteiger partial charge in [-0.05, 0) is 164 Å². The van der Waals surface area contributed by atoms with Gasteiger partial charge in [0.1, 0.15) is 37.4 Å². The molecule has 5 fully saturated rings. The van der Waals surface area contributed by atoms with Gasteiger partial charge >= 0.3 is 11.9 Å². The number of rotatable bonds is 12. The summed E-state index contributed by atoms with van der Waals surface area (Å²) in [5.41, 5.74) is 3.11. The van der Waals surface area contributed by atoms with E-state index < -0.39 is 121 Å². The molecule has 8 amide bonds. The summed E-state index contributed by atoms with van der Waals surface area (Å²) in [6.45, 7) is -0.959. The van der Waals surface area contributed by atoms with Crippen molar-refractivity contribution >= 4 is 124 Å². The van der Waals surface area contributed by atoms with E-state index >= 15 is 19.2 Å². The molecule has 4 saturated carbocycles. The summed E-state index contributed by atoms with van der Waals surface area (Å²) >= 11 is 0. The monoisotopic (exact) mass is 1450 g/mol. The van der Waals surface area contributed by atoms with Crippen molar-refractivity contribution in [1.29, 1.82) is 0 Å². The Balaban J connectivity index is 0.687. The molecule has 10 aromatic carbocycles. The van der Waals surface area contributed by atoms with Crippen molar-refractivity contribution in [3.8, 4) is 0 Å². The smallest absolute Gasteiger partial charge is 0.310 e. The zero-order valence-corrected chi connectivity index (χ0v) is 61.5. The summed E-state index contributed by atoms with van der Waals surface area (Å²) in [7, 11) is 6.61. The van der Waals surface area contributed by atoms with E-state index in [1.165, 1.54) is 9.80 Å². The van der Waals surface area contributed by atoms with Gasteiger partial charge in [0.05, 0.1) is 12.8 Å². The molecule has 20 nitrogen and oxygen atoms in total. The number of carbonyl (C=O) groups is 10. The molecule has 8 bridgehead atoms. The van der Waals surface area contributed by atoms with Gasteiger partial charge in [-0.1, -0.05) is 170 Å². The minimum Gasteiger partial charge on any atom is -0.463 e. The molecule has 556 valence electrons. The average molecular weight is 1450 g/mol. The summed E-state index contributed by atoms with van der Waals surface area (Å²) < 4.78 is 12.1. The fourth-order valence-corrected chi connectivity index (χ4v) is 18.2. The lowest BCUT2D eigenvalue weighted by Crippen LogP contribution is -2.54. The number of esters is 2. The molecule has 0 spiro atoms.